The molecule has 3 rings (SSSR count). The molecule has 0 aliphatic heterocycles. The van der Waals surface area contributed by atoms with Crippen LogP contribution in [0.5, 0.6) is 0 Å². The Morgan fingerprint density at radius 2 is 1.72 bits per heavy atom. The van der Waals surface area contributed by atoms with Gasteiger partial charge >= 0.3 is 0 Å². The molecule has 1 fully saturated rings. The van der Waals surface area contributed by atoms with Gasteiger partial charge in [0.15, 0.2) is 5.78 Å². The molecule has 0 atom stereocenters. The molecule has 0 spiro atoms. The average Bonchev–Trinajstić information content (AvgIpc) is 3.33. The van der Waals surface area contributed by atoms with Gasteiger partial charge in [0, 0.05) is 25.2 Å². The molecule has 0 bridgehead atoms. The van der Waals surface area contributed by atoms with E-state index >= 15 is 0 Å². The first kappa shape index (κ1) is 17.4. The van der Waals surface area contributed by atoms with Gasteiger partial charge in [-0.05, 0) is 49.6 Å². The van der Waals surface area contributed by atoms with Gasteiger partial charge in [-0.2, -0.15) is 0 Å². The molecule has 6 heteroatoms. The maximum Gasteiger partial charge on any atom is 0.264 e. The first-order valence-corrected chi connectivity index (χ1v) is 9.04. The van der Waals surface area contributed by atoms with Crippen molar-refractivity contribution in [3.8, 4) is 0 Å². The SMILES string of the molecule is CNC(=O)c1ccc(CN(C(=O)c2ccc(C(C)=O)s2)C2CC2)cc1. The summed E-state index contributed by atoms with van der Waals surface area (Å²) >= 11 is 1.25. The van der Waals surface area contributed by atoms with E-state index in [1.165, 1.54) is 18.3 Å². The molecule has 1 aliphatic carbocycles. The molecule has 25 heavy (non-hydrogen) atoms. The van der Waals surface area contributed by atoms with Crippen LogP contribution in [0.1, 0.15) is 55.0 Å². The van der Waals surface area contributed by atoms with E-state index in [0.717, 1.165) is 18.4 Å². The zero-order valence-corrected chi connectivity index (χ0v) is 15.1. The minimum absolute atomic E-state index is 0.0215. The zero-order valence-electron chi connectivity index (χ0n) is 14.2. The monoisotopic (exact) mass is 356 g/mol. The van der Waals surface area contributed by atoms with E-state index in [9.17, 15) is 14.4 Å². The normalized spacial score (nSPS) is 13.4. The van der Waals surface area contributed by atoms with Crippen LogP contribution >= 0.6 is 11.3 Å². The fraction of sp³-hybridized carbons (Fsp3) is 0.316. The fourth-order valence-electron chi connectivity index (χ4n) is 2.64. The van der Waals surface area contributed by atoms with Crippen LogP contribution in [0.2, 0.25) is 0 Å². The summed E-state index contributed by atoms with van der Waals surface area (Å²) < 4.78 is 0. The minimum atomic E-state index is -0.128. The average molecular weight is 356 g/mol. The Hall–Kier alpha value is -2.47. The molecule has 1 aliphatic rings. The molecule has 1 aromatic heterocycles. The van der Waals surface area contributed by atoms with Gasteiger partial charge < -0.3 is 10.2 Å². The van der Waals surface area contributed by atoms with Crippen molar-refractivity contribution in [3.63, 3.8) is 0 Å². The molecule has 1 aromatic carbocycles. The Balaban J connectivity index is 1.76. The second-order valence-corrected chi connectivity index (χ2v) is 7.24. The zero-order chi connectivity index (χ0) is 18.0. The first-order valence-electron chi connectivity index (χ1n) is 8.22. The summed E-state index contributed by atoms with van der Waals surface area (Å²) in [6.07, 6.45) is 2.01. The highest BCUT2D eigenvalue weighted by atomic mass is 32.1. The van der Waals surface area contributed by atoms with Crippen molar-refractivity contribution >= 4 is 28.9 Å². The quantitative estimate of drug-likeness (QED) is 0.809. The molecule has 0 unspecified atom stereocenters. The van der Waals surface area contributed by atoms with Crippen LogP contribution in [0.15, 0.2) is 36.4 Å². The van der Waals surface area contributed by atoms with E-state index in [0.29, 0.717) is 21.9 Å². The third-order valence-electron chi connectivity index (χ3n) is 4.21. The van der Waals surface area contributed by atoms with Gasteiger partial charge in [-0.3, -0.25) is 14.4 Å². The maximum atomic E-state index is 12.8. The smallest absolute Gasteiger partial charge is 0.264 e. The van der Waals surface area contributed by atoms with E-state index in [2.05, 4.69) is 5.32 Å². The van der Waals surface area contributed by atoms with E-state index in [1.54, 1.807) is 31.3 Å². The number of nitrogens with one attached hydrogen (secondary N) is 1. The lowest BCUT2D eigenvalue weighted by atomic mass is 10.1. The Labute approximate surface area is 150 Å². The summed E-state index contributed by atoms with van der Waals surface area (Å²) in [6, 6.07) is 11.0. The summed E-state index contributed by atoms with van der Waals surface area (Å²) in [7, 11) is 1.60. The van der Waals surface area contributed by atoms with Gasteiger partial charge in [0.25, 0.3) is 11.8 Å². The number of hydrogen-bond acceptors (Lipinski definition) is 4. The molecule has 130 valence electrons. The number of carbonyl (C=O) groups is 3. The number of thiophene rings is 1. The predicted molar refractivity (Wildman–Crippen MR) is 97.1 cm³/mol. The Bertz CT molecular complexity index is 806. The molecule has 2 amide bonds. The van der Waals surface area contributed by atoms with Crippen LogP contribution in [-0.4, -0.2) is 35.6 Å². The topological polar surface area (TPSA) is 66.5 Å². The number of rotatable bonds is 6. The maximum absolute atomic E-state index is 12.8. The summed E-state index contributed by atoms with van der Waals surface area (Å²) in [4.78, 5) is 39.0. The van der Waals surface area contributed by atoms with Gasteiger partial charge in [-0.15, -0.1) is 11.3 Å². The molecule has 1 saturated carbocycles. The number of hydrogen-bond donors (Lipinski definition) is 1. The number of nitrogens with zero attached hydrogens (tertiary/aromatic N) is 1. The molecule has 1 heterocycles. The summed E-state index contributed by atoms with van der Waals surface area (Å²) in [5, 5.41) is 2.59. The number of Topliss-reactive ketones (excluding diaryl/α,β-unsaturated/α-hetero) is 1. The predicted octanol–water partition coefficient (Wildman–Crippen LogP) is 3.12. The van der Waals surface area contributed by atoms with E-state index in [1.807, 2.05) is 17.0 Å². The van der Waals surface area contributed by atoms with E-state index < -0.39 is 0 Å². The number of carbonyl (C=O) groups excluding carboxylic acids is 3. The van der Waals surface area contributed by atoms with Crippen molar-refractivity contribution in [3.05, 3.63) is 57.3 Å². The van der Waals surface area contributed by atoms with Crippen LogP contribution in [0.4, 0.5) is 0 Å². The molecule has 0 saturated heterocycles. The minimum Gasteiger partial charge on any atom is -0.355 e. The van der Waals surface area contributed by atoms with Gasteiger partial charge in [-0.1, -0.05) is 12.1 Å². The second-order valence-electron chi connectivity index (χ2n) is 6.16. The van der Waals surface area contributed by atoms with Gasteiger partial charge in [0.2, 0.25) is 0 Å². The molecular weight excluding hydrogens is 336 g/mol. The lowest BCUT2D eigenvalue weighted by molar-refractivity contribution is 0.0734. The third-order valence-corrected chi connectivity index (χ3v) is 5.38. The van der Waals surface area contributed by atoms with E-state index in [4.69, 9.17) is 0 Å². The highest BCUT2D eigenvalue weighted by Crippen LogP contribution is 2.31. The lowest BCUT2D eigenvalue weighted by Gasteiger charge is -2.22. The molecule has 5 nitrogen and oxygen atoms in total. The fourth-order valence-corrected chi connectivity index (χ4v) is 3.50. The van der Waals surface area contributed by atoms with Crippen LogP contribution in [0, 0.1) is 0 Å². The van der Waals surface area contributed by atoms with Crippen molar-refractivity contribution in [1.82, 2.24) is 10.2 Å². The van der Waals surface area contributed by atoms with Crippen molar-refractivity contribution in [2.75, 3.05) is 7.05 Å². The van der Waals surface area contributed by atoms with Crippen LogP contribution in [-0.2, 0) is 6.54 Å². The standard InChI is InChI=1S/C19H20N2O3S/c1-12(22)16-9-10-17(25-16)19(24)21(15-7-8-15)11-13-3-5-14(6-4-13)18(23)20-2/h3-6,9-10,15H,7-8,11H2,1-2H3,(H,20,23). The van der Waals surface area contributed by atoms with Gasteiger partial charge in [0.1, 0.15) is 0 Å². The van der Waals surface area contributed by atoms with Gasteiger partial charge in [0.05, 0.1) is 9.75 Å². The van der Waals surface area contributed by atoms with Crippen LogP contribution < -0.4 is 5.32 Å². The van der Waals surface area contributed by atoms with E-state index in [-0.39, 0.29) is 23.6 Å². The Morgan fingerprint density at radius 1 is 1.08 bits per heavy atom. The van der Waals surface area contributed by atoms with Crippen LogP contribution in [0.25, 0.3) is 0 Å². The first-order chi connectivity index (χ1) is 12.0. The summed E-state index contributed by atoms with van der Waals surface area (Å²) in [6.45, 7) is 2.01. The molecule has 2 aromatic rings. The highest BCUT2D eigenvalue weighted by Gasteiger charge is 2.33. The number of benzene rings is 1. The Morgan fingerprint density at radius 3 is 2.24 bits per heavy atom. The number of amides is 2. The van der Waals surface area contributed by atoms with Gasteiger partial charge in [-0.25, -0.2) is 0 Å². The molecule has 0 radical (unpaired) electrons. The molecule has 1 N–H and O–H groups in total. The summed E-state index contributed by atoms with van der Waals surface area (Å²) in [5.74, 6) is -0.181. The summed E-state index contributed by atoms with van der Waals surface area (Å²) in [5.41, 5.74) is 1.58. The van der Waals surface area contributed by atoms with Crippen molar-refractivity contribution in [2.45, 2.75) is 32.4 Å². The van der Waals surface area contributed by atoms with Crippen LogP contribution in [0.3, 0.4) is 0 Å². The van der Waals surface area contributed by atoms with Crippen molar-refractivity contribution < 1.29 is 14.4 Å². The number of ketones is 1. The lowest BCUT2D eigenvalue weighted by Crippen LogP contribution is -2.32. The molecular formula is C19H20N2O3S. The van der Waals surface area contributed by atoms with Crippen molar-refractivity contribution in [2.24, 2.45) is 0 Å². The highest BCUT2D eigenvalue weighted by molar-refractivity contribution is 7.15. The second kappa shape index (κ2) is 7.19. The Kier molecular flexibility index (Phi) is 4.99. The third kappa shape index (κ3) is 3.96. The largest absolute Gasteiger partial charge is 0.355 e. The van der Waals surface area contributed by atoms with Crippen molar-refractivity contribution in [1.29, 1.82) is 0 Å².